The van der Waals surface area contributed by atoms with Gasteiger partial charge in [-0.3, -0.25) is 14.4 Å². The van der Waals surface area contributed by atoms with Crippen LogP contribution in [0.4, 0.5) is 4.79 Å². The largest absolute Gasteiger partial charge is 0.467 e. The molecule has 0 saturated heterocycles. The van der Waals surface area contributed by atoms with Crippen LogP contribution in [0.5, 0.6) is 0 Å². The number of carbonyl (C=O) groups excluding carboxylic acids is 5. The van der Waals surface area contributed by atoms with Gasteiger partial charge in [-0.25, -0.2) is 9.59 Å². The maximum absolute atomic E-state index is 15.3. The van der Waals surface area contributed by atoms with E-state index in [2.05, 4.69) is 35.1 Å². The maximum atomic E-state index is 15.3. The van der Waals surface area contributed by atoms with Crippen molar-refractivity contribution in [1.82, 2.24) is 21.3 Å². The van der Waals surface area contributed by atoms with Crippen LogP contribution in [0.15, 0.2) is 77.3 Å². The van der Waals surface area contributed by atoms with E-state index in [9.17, 15) is 14.4 Å². The molecule has 0 aromatic heterocycles. The van der Waals surface area contributed by atoms with Crippen LogP contribution in [0.1, 0.15) is 101 Å². The Bertz CT molecular complexity index is 1780. The highest BCUT2D eigenvalue weighted by atomic mass is 16.6. The van der Waals surface area contributed by atoms with Crippen LogP contribution in [0.3, 0.4) is 0 Å². The van der Waals surface area contributed by atoms with E-state index < -0.39 is 57.3 Å². The maximum Gasteiger partial charge on any atom is 0.408 e. The fourth-order valence-corrected chi connectivity index (χ4v) is 8.08. The number of methoxy groups -OCH3 is 1. The van der Waals surface area contributed by atoms with Crippen molar-refractivity contribution in [2.45, 2.75) is 130 Å². The summed E-state index contributed by atoms with van der Waals surface area (Å²) in [7, 11) is 1.19. The van der Waals surface area contributed by atoms with Gasteiger partial charge >= 0.3 is 12.1 Å². The summed E-state index contributed by atoms with van der Waals surface area (Å²) in [6.45, 7) is 20.8. The molecular formula is C43H60N4O7. The van der Waals surface area contributed by atoms with Gasteiger partial charge in [0.2, 0.25) is 0 Å². The summed E-state index contributed by atoms with van der Waals surface area (Å²) in [6.07, 6.45) is 6.93. The summed E-state index contributed by atoms with van der Waals surface area (Å²) >= 11 is 0. The quantitative estimate of drug-likeness (QED) is 0.129. The first kappa shape index (κ1) is 42.1. The average molecular weight is 745 g/mol. The van der Waals surface area contributed by atoms with Crippen molar-refractivity contribution < 1.29 is 33.4 Å². The normalized spacial score (nSPS) is 25.0. The SMILES string of the molecule is COC(=O)[C@@](Cc1ccccc1)(NC(=O)OC(C)(C)C)C1=CN[C@](C2=CN[C@@](CC(C)C)(C3=CN[C@](CC=C(C)C)(CC(C)C)C3=O)C2=O)(C(C)C)C1=O. The number of rotatable bonds is 14. The molecule has 4 rings (SSSR count). The molecular weight excluding hydrogens is 684 g/mol. The number of carbonyl (C=O) groups is 5. The number of Topliss-reactive ketones (excluding diaryl/α,β-unsaturated/α-hetero) is 3. The van der Waals surface area contributed by atoms with E-state index in [1.165, 1.54) is 13.3 Å². The number of esters is 1. The Balaban J connectivity index is 1.83. The van der Waals surface area contributed by atoms with E-state index in [0.29, 0.717) is 24.0 Å². The van der Waals surface area contributed by atoms with E-state index in [1.807, 2.05) is 53.7 Å². The lowest BCUT2D eigenvalue weighted by molar-refractivity contribution is -0.148. The molecule has 0 aliphatic carbocycles. The van der Waals surface area contributed by atoms with Gasteiger partial charge in [0.05, 0.1) is 12.7 Å². The smallest absolute Gasteiger partial charge is 0.408 e. The standard InChI is InChI=1S/C43H60N4O7/c1-26(2)18-19-40(20-27(3)4)34(48)31(23-44-40)41(21-28(5)6)35(49)33(25-45-41)43(29(7)8)36(50)32(24-46-43)42(37(51)53-12,22-30-16-14-13-15-17-30)47-38(52)54-39(9,10)11/h13-18,23-25,27-29,44-46H,19-22H2,1-12H3,(H,47,52)/t40-,41+,42+,43+/m1/s1. The van der Waals surface area contributed by atoms with Gasteiger partial charge in [0.25, 0.3) is 0 Å². The summed E-state index contributed by atoms with van der Waals surface area (Å²) in [4.78, 5) is 72.7. The highest BCUT2D eigenvalue weighted by Crippen LogP contribution is 2.46. The van der Waals surface area contributed by atoms with Crippen molar-refractivity contribution in [3.8, 4) is 0 Å². The third-order valence-corrected chi connectivity index (χ3v) is 10.4. The number of nitrogens with one attached hydrogen (secondary N) is 4. The minimum atomic E-state index is -2.04. The molecule has 11 nitrogen and oxygen atoms in total. The van der Waals surface area contributed by atoms with E-state index in [1.54, 1.807) is 57.4 Å². The van der Waals surface area contributed by atoms with Gasteiger partial charge in [0.15, 0.2) is 22.9 Å². The molecule has 0 saturated carbocycles. The van der Waals surface area contributed by atoms with Crippen molar-refractivity contribution in [2.24, 2.45) is 17.8 Å². The molecule has 1 amide bonds. The number of amides is 1. The molecule has 3 heterocycles. The van der Waals surface area contributed by atoms with Crippen LogP contribution in [0.25, 0.3) is 0 Å². The first-order valence-electron chi connectivity index (χ1n) is 19.0. The molecule has 3 aliphatic rings. The molecule has 11 heteroatoms. The van der Waals surface area contributed by atoms with Gasteiger partial charge < -0.3 is 30.7 Å². The molecule has 4 N–H and O–H groups in total. The van der Waals surface area contributed by atoms with Crippen LogP contribution >= 0.6 is 0 Å². The molecule has 294 valence electrons. The molecule has 1 aromatic carbocycles. The fraction of sp³-hybridized carbons (Fsp3) is 0.558. The highest BCUT2D eigenvalue weighted by molar-refractivity contribution is 6.24. The summed E-state index contributed by atoms with van der Waals surface area (Å²) in [5.74, 6) is -2.40. The molecule has 54 heavy (non-hydrogen) atoms. The minimum Gasteiger partial charge on any atom is -0.467 e. The lowest BCUT2D eigenvalue weighted by Gasteiger charge is -2.38. The van der Waals surface area contributed by atoms with Crippen LogP contribution in [-0.2, 0) is 35.1 Å². The van der Waals surface area contributed by atoms with Crippen LogP contribution < -0.4 is 21.3 Å². The van der Waals surface area contributed by atoms with Crippen molar-refractivity contribution in [3.05, 3.63) is 82.9 Å². The van der Waals surface area contributed by atoms with Crippen LogP contribution in [0, 0.1) is 17.8 Å². The minimum absolute atomic E-state index is 0.0208. The second-order valence-electron chi connectivity index (χ2n) is 17.4. The average Bonchev–Trinajstić information content (AvgIpc) is 3.70. The molecule has 0 bridgehead atoms. The zero-order chi connectivity index (χ0) is 40.4. The fourth-order valence-electron chi connectivity index (χ4n) is 8.08. The summed E-state index contributed by atoms with van der Waals surface area (Å²) in [5, 5.41) is 12.7. The summed E-state index contributed by atoms with van der Waals surface area (Å²) < 4.78 is 10.9. The van der Waals surface area contributed by atoms with Crippen LogP contribution in [-0.4, -0.2) is 64.3 Å². The second kappa shape index (κ2) is 15.6. The van der Waals surface area contributed by atoms with Gasteiger partial charge in [0, 0.05) is 36.2 Å². The van der Waals surface area contributed by atoms with Crippen molar-refractivity contribution in [2.75, 3.05) is 7.11 Å². The highest BCUT2D eigenvalue weighted by Gasteiger charge is 2.64. The number of hydrogen-bond acceptors (Lipinski definition) is 10. The third kappa shape index (κ3) is 7.77. The molecule has 0 fully saturated rings. The number of alkyl carbamates (subject to hydrolysis) is 1. The van der Waals surface area contributed by atoms with E-state index >= 15 is 9.59 Å². The Morgan fingerprint density at radius 2 is 1.43 bits per heavy atom. The van der Waals surface area contributed by atoms with Gasteiger partial charge in [-0.15, -0.1) is 0 Å². The Labute approximate surface area is 320 Å². The number of allylic oxidation sites excluding steroid dienone is 1. The van der Waals surface area contributed by atoms with Crippen molar-refractivity contribution >= 4 is 29.4 Å². The molecule has 1 aromatic rings. The number of benzene rings is 1. The van der Waals surface area contributed by atoms with E-state index in [0.717, 1.165) is 5.57 Å². The molecule has 0 radical (unpaired) electrons. The van der Waals surface area contributed by atoms with Crippen molar-refractivity contribution in [3.63, 3.8) is 0 Å². The molecule has 3 aliphatic heterocycles. The number of ketones is 3. The number of hydrogen-bond donors (Lipinski definition) is 4. The first-order chi connectivity index (χ1) is 25.1. The first-order valence-corrected chi connectivity index (χ1v) is 19.0. The van der Waals surface area contributed by atoms with E-state index in [4.69, 9.17) is 9.47 Å². The zero-order valence-electron chi connectivity index (χ0n) is 34.1. The monoisotopic (exact) mass is 744 g/mol. The summed E-state index contributed by atoms with van der Waals surface area (Å²) in [5.41, 5.74) is -4.93. The van der Waals surface area contributed by atoms with Gasteiger partial charge in [-0.05, 0) is 77.2 Å². The van der Waals surface area contributed by atoms with Gasteiger partial charge in [-0.1, -0.05) is 83.5 Å². The van der Waals surface area contributed by atoms with Crippen LogP contribution in [0.2, 0.25) is 0 Å². The van der Waals surface area contributed by atoms with Gasteiger partial charge in [-0.2, -0.15) is 0 Å². The third-order valence-electron chi connectivity index (χ3n) is 10.4. The van der Waals surface area contributed by atoms with E-state index in [-0.39, 0.29) is 41.6 Å². The lowest BCUT2D eigenvalue weighted by Crippen LogP contribution is -2.62. The molecule has 0 spiro atoms. The Morgan fingerprint density at radius 3 is 1.96 bits per heavy atom. The topological polar surface area (TPSA) is 152 Å². The summed E-state index contributed by atoms with van der Waals surface area (Å²) in [6, 6.07) is 8.96. The Hall–Kier alpha value is -4.67. The Morgan fingerprint density at radius 1 is 0.815 bits per heavy atom. The predicted octanol–water partition coefficient (Wildman–Crippen LogP) is 6.16. The predicted molar refractivity (Wildman–Crippen MR) is 209 cm³/mol. The number of ether oxygens (including phenoxy) is 2. The lowest BCUT2D eigenvalue weighted by atomic mass is 9.67. The second-order valence-corrected chi connectivity index (χ2v) is 17.4. The molecule has 0 unspecified atom stereocenters. The zero-order valence-corrected chi connectivity index (χ0v) is 34.1. The Kier molecular flexibility index (Phi) is 12.1. The molecule has 4 atom stereocenters. The van der Waals surface area contributed by atoms with Crippen molar-refractivity contribution in [1.29, 1.82) is 0 Å². The van der Waals surface area contributed by atoms with Gasteiger partial charge in [0.1, 0.15) is 22.2 Å².